The predicted octanol–water partition coefficient (Wildman–Crippen LogP) is -4.27. The zero-order chi connectivity index (χ0) is 61.7. The van der Waals surface area contributed by atoms with Crippen molar-refractivity contribution in [2.75, 3.05) is 39.6 Å². The molecule has 3 saturated carbocycles. The summed E-state index contributed by atoms with van der Waals surface area (Å²) in [5, 5.41) is 182. The van der Waals surface area contributed by atoms with Crippen LogP contribution in [0.4, 0.5) is 0 Å². The Morgan fingerprint density at radius 1 is 0.471 bits per heavy atom. The van der Waals surface area contributed by atoms with E-state index in [4.69, 9.17) is 47.4 Å². The molecule has 9 aliphatic rings. The van der Waals surface area contributed by atoms with Gasteiger partial charge in [-0.15, -0.1) is 0 Å². The molecule has 1 unspecified atom stereocenters. The Kier molecular flexibility index (Phi) is 22.6. The summed E-state index contributed by atoms with van der Waals surface area (Å²) in [6.45, 7) is 7.42. The Morgan fingerprint density at radius 2 is 0.953 bits per heavy atom. The molecular weight excluding hydrogens is 1130 g/mol. The van der Waals surface area contributed by atoms with E-state index in [0.717, 1.165) is 38.5 Å². The van der Waals surface area contributed by atoms with Gasteiger partial charge in [-0.1, -0.05) is 59.1 Å². The fraction of sp³-hybridized carbons (Fsp3) is 0.966. The molecule has 27 heteroatoms. The zero-order valence-electron chi connectivity index (χ0n) is 49.1. The first-order valence-electron chi connectivity index (χ1n) is 30.8. The second kappa shape index (κ2) is 28.3. The van der Waals surface area contributed by atoms with Gasteiger partial charge in [-0.3, -0.25) is 0 Å². The minimum atomic E-state index is -2.05. The molecule has 85 heavy (non-hydrogen) atoms. The van der Waals surface area contributed by atoms with Gasteiger partial charge in [-0.25, -0.2) is 0 Å². The van der Waals surface area contributed by atoms with Crippen LogP contribution in [0, 0.1) is 52.3 Å². The average Bonchev–Trinajstić information content (AvgIpc) is 1.73. The molecule has 27 nitrogen and oxygen atoms in total. The van der Waals surface area contributed by atoms with Gasteiger partial charge in [-0.05, 0) is 104 Å². The van der Waals surface area contributed by atoms with Gasteiger partial charge in [0.2, 0.25) is 0 Å². The number of allylic oxidation sites excluding steroid dienone is 1. The van der Waals surface area contributed by atoms with Crippen molar-refractivity contribution in [1.29, 1.82) is 0 Å². The Hall–Kier alpha value is -1.34. The maximum absolute atomic E-state index is 11.9. The molecule has 0 aromatic rings. The third-order valence-electron chi connectivity index (χ3n) is 21.7. The van der Waals surface area contributed by atoms with Crippen LogP contribution in [0.3, 0.4) is 0 Å². The molecule has 0 aromatic carbocycles. The smallest absolute Gasteiger partial charge is 0.187 e. The summed E-state index contributed by atoms with van der Waals surface area (Å²) in [6.07, 6.45) is -31.5. The van der Waals surface area contributed by atoms with E-state index in [1.54, 1.807) is 0 Å². The molecule has 9 rings (SSSR count). The fourth-order valence-corrected chi connectivity index (χ4v) is 16.1. The van der Waals surface area contributed by atoms with E-state index in [1.807, 2.05) is 6.92 Å². The average molecular weight is 1230 g/mol. The Labute approximate surface area is 494 Å². The van der Waals surface area contributed by atoms with Gasteiger partial charge >= 0.3 is 0 Å². The number of aliphatic hydroxyl groups is 17. The molecule has 492 valence electrons. The lowest BCUT2D eigenvalue weighted by molar-refractivity contribution is -0.388. The molecule has 0 radical (unpaired) electrons. The zero-order valence-corrected chi connectivity index (χ0v) is 49.1. The fourth-order valence-electron chi connectivity index (χ4n) is 16.1. The summed E-state index contributed by atoms with van der Waals surface area (Å²) < 4.78 is 58.4. The van der Waals surface area contributed by atoms with Crippen LogP contribution in [0.1, 0.15) is 98.8 Å². The monoisotopic (exact) mass is 1230 g/mol. The Balaban J connectivity index is 0.857. The molecule has 4 aliphatic carbocycles. The van der Waals surface area contributed by atoms with Crippen LogP contribution in [0.25, 0.3) is 0 Å². The van der Waals surface area contributed by atoms with Crippen molar-refractivity contribution in [3.05, 3.63) is 11.6 Å². The van der Waals surface area contributed by atoms with E-state index >= 15 is 0 Å². The lowest BCUT2D eigenvalue weighted by Gasteiger charge is -2.58. The van der Waals surface area contributed by atoms with Crippen LogP contribution in [-0.4, -0.2) is 286 Å². The summed E-state index contributed by atoms with van der Waals surface area (Å²) in [4.78, 5) is 0. The third kappa shape index (κ3) is 13.5. The largest absolute Gasteiger partial charge is 0.394 e. The highest BCUT2D eigenvalue weighted by Crippen LogP contribution is 2.67. The van der Waals surface area contributed by atoms with Crippen LogP contribution in [0.2, 0.25) is 0 Å². The lowest BCUT2D eigenvalue weighted by atomic mass is 9.47. The van der Waals surface area contributed by atoms with Crippen LogP contribution >= 0.6 is 0 Å². The second-order valence-electron chi connectivity index (χ2n) is 26.7. The van der Waals surface area contributed by atoms with Gasteiger partial charge in [0.25, 0.3) is 0 Å². The molecule has 8 fully saturated rings. The standard InChI is InChI=1S/C58H98O27/c1-23(6-7-24(2)29-10-11-30-28-9-8-26-16-27(63)12-14-57(26,4)31(28)13-15-58(29,30)5)25(3)21-76-56-51(85-55-48(75)44(71)50(35(20-62)81-55)84-54-46(73)41(68)38(65)33(18-60)79-54)42(69)39(66)36(82-56)22-77-52-47(74)43(70)49(34(19-61)80-52)83-53-45(72)40(67)37(64)32(17-59)78-53/h8,23-25,27-56,59-75H,6-7,9-22H2,1-5H3/t23-,24+,25?,27-,28-,29+,30-,31-,32+,33+,34+,35+,36+,37+,38+,39+,40-,41-,42-,43+,44+,45+,46+,47+,48+,49+,50+,51+,52+,53-,54-,55-,56+,57-,58+/m0/s1. The molecule has 5 aliphatic heterocycles. The van der Waals surface area contributed by atoms with Gasteiger partial charge in [-0.2, -0.15) is 0 Å². The number of fused-ring (bicyclic) bond motifs is 5. The first kappa shape index (κ1) is 68.0. The predicted molar refractivity (Wildman–Crippen MR) is 288 cm³/mol. The summed E-state index contributed by atoms with van der Waals surface area (Å²) in [5.74, 6) is 2.88. The van der Waals surface area contributed by atoms with Gasteiger partial charge in [0.05, 0.1) is 45.7 Å². The summed E-state index contributed by atoms with van der Waals surface area (Å²) in [7, 11) is 0. The minimum Gasteiger partial charge on any atom is -0.394 e. The van der Waals surface area contributed by atoms with E-state index in [1.165, 1.54) is 31.3 Å². The maximum Gasteiger partial charge on any atom is 0.187 e. The molecule has 0 spiro atoms. The summed E-state index contributed by atoms with van der Waals surface area (Å²) in [6, 6.07) is 0. The minimum absolute atomic E-state index is 0.00366. The van der Waals surface area contributed by atoms with Crippen molar-refractivity contribution < 1.29 is 134 Å². The van der Waals surface area contributed by atoms with Gasteiger partial charge in [0.1, 0.15) is 122 Å². The van der Waals surface area contributed by atoms with Gasteiger partial charge < -0.3 is 134 Å². The van der Waals surface area contributed by atoms with Crippen LogP contribution < -0.4 is 0 Å². The van der Waals surface area contributed by atoms with Gasteiger partial charge in [0, 0.05) is 0 Å². The SMILES string of the molecule is CC(CO[C@@H]1O[C@H](CO[C@@H]2O[C@H](CO)[C@@H](O[C@@H]3O[C@H](CO)[C@@H](O)[C@H](O)[C@H]3O)[C@H](O)[C@H]2O)[C@@H](O)[C@H](O)[C@H]1O[C@@H]1O[C@H](CO)[C@@H](O[C@@H]2O[C@H](CO)[C@@H](O)[C@H](O)[C@H]2O)[C@H](O)[C@H]1O)[C@@H](C)CC[C@@H](C)[C@H]1CC[C@H]2[C@@H]3CC=C4C[C@@H](O)CC[C@]4(C)[C@H]3CC[C@]12C. The first-order valence-corrected chi connectivity index (χ1v) is 30.8. The van der Waals surface area contributed by atoms with Crippen LogP contribution in [-0.2, 0) is 47.4 Å². The normalized spacial score (nSPS) is 51.4. The molecule has 17 N–H and O–H groups in total. The Morgan fingerprint density at radius 3 is 1.52 bits per heavy atom. The van der Waals surface area contributed by atoms with E-state index in [2.05, 4.69) is 33.8 Å². The molecule has 5 heterocycles. The third-order valence-corrected chi connectivity index (χ3v) is 21.7. The highest BCUT2D eigenvalue weighted by atomic mass is 16.8. The number of rotatable bonds is 21. The van der Waals surface area contributed by atoms with Crippen molar-refractivity contribution in [3.8, 4) is 0 Å². The number of aliphatic hydroxyl groups excluding tert-OH is 17. The quantitative estimate of drug-likeness (QED) is 0.0484. The highest BCUT2D eigenvalue weighted by molar-refractivity contribution is 5.25. The number of hydrogen-bond acceptors (Lipinski definition) is 27. The summed E-state index contributed by atoms with van der Waals surface area (Å²) >= 11 is 0. The number of ether oxygens (including phenoxy) is 10. The second-order valence-corrected chi connectivity index (χ2v) is 26.7. The number of hydrogen-bond donors (Lipinski definition) is 17. The van der Waals surface area contributed by atoms with Crippen molar-refractivity contribution >= 4 is 0 Å². The van der Waals surface area contributed by atoms with Crippen LogP contribution in [0.5, 0.6) is 0 Å². The molecule has 35 atom stereocenters. The molecular formula is C58H98O27. The molecule has 5 saturated heterocycles. The van der Waals surface area contributed by atoms with Crippen molar-refractivity contribution in [2.24, 2.45) is 52.3 Å². The van der Waals surface area contributed by atoms with E-state index < -0.39 is 187 Å². The van der Waals surface area contributed by atoms with E-state index in [-0.39, 0.29) is 35.4 Å². The molecule has 0 aromatic heterocycles. The van der Waals surface area contributed by atoms with E-state index in [0.29, 0.717) is 29.6 Å². The van der Waals surface area contributed by atoms with Crippen molar-refractivity contribution in [3.63, 3.8) is 0 Å². The van der Waals surface area contributed by atoms with Crippen molar-refractivity contribution in [2.45, 2.75) is 258 Å². The summed E-state index contributed by atoms with van der Waals surface area (Å²) in [5.41, 5.74) is 1.85. The van der Waals surface area contributed by atoms with Gasteiger partial charge in [0.15, 0.2) is 31.5 Å². The van der Waals surface area contributed by atoms with Crippen LogP contribution in [0.15, 0.2) is 11.6 Å². The highest BCUT2D eigenvalue weighted by Gasteiger charge is 2.60. The van der Waals surface area contributed by atoms with E-state index in [9.17, 15) is 86.8 Å². The first-order chi connectivity index (χ1) is 40.3. The van der Waals surface area contributed by atoms with Crippen molar-refractivity contribution in [1.82, 2.24) is 0 Å². The topological polar surface area (TPSA) is 436 Å². The molecule has 0 bridgehead atoms. The molecule has 0 amide bonds. The lowest BCUT2D eigenvalue weighted by Crippen LogP contribution is -2.67. The Bertz CT molecular complexity index is 2140. The maximum atomic E-state index is 11.9.